The van der Waals surface area contributed by atoms with Crippen molar-refractivity contribution in [3.05, 3.63) is 58.3 Å². The first-order chi connectivity index (χ1) is 14.2. The van der Waals surface area contributed by atoms with Crippen LogP contribution in [-0.4, -0.2) is 36.6 Å². The minimum atomic E-state index is -4.35. The maximum atomic E-state index is 13.1. The highest BCUT2D eigenvalue weighted by Gasteiger charge is 2.33. The number of rotatable bonds is 5. The quantitative estimate of drug-likeness (QED) is 0.419. The molecule has 0 bridgehead atoms. The smallest absolute Gasteiger partial charge is 0.389 e. The van der Waals surface area contributed by atoms with Crippen molar-refractivity contribution in [1.29, 1.82) is 0 Å². The predicted octanol–water partition coefficient (Wildman–Crippen LogP) is 5.32. The lowest BCUT2D eigenvalue weighted by atomic mass is 10.0. The number of nitrogens with zero attached hydrogens (tertiary/aromatic N) is 4. The van der Waals surface area contributed by atoms with Gasteiger partial charge in [-0.1, -0.05) is 30.3 Å². The number of carbonyl (C=O) groups is 1. The van der Waals surface area contributed by atoms with E-state index in [0.29, 0.717) is 26.6 Å². The van der Waals surface area contributed by atoms with Crippen LogP contribution < -0.4 is 0 Å². The zero-order chi connectivity index (χ0) is 21.6. The third-order valence-corrected chi connectivity index (χ3v) is 5.41. The van der Waals surface area contributed by atoms with Crippen LogP contribution in [0.2, 0.25) is 0 Å². The molecule has 0 saturated carbocycles. The molecule has 1 unspecified atom stereocenters. The van der Waals surface area contributed by atoms with Crippen LogP contribution in [0, 0.1) is 0 Å². The van der Waals surface area contributed by atoms with Crippen molar-refractivity contribution < 1.29 is 23.1 Å². The number of hydrogen-bond acceptors (Lipinski definition) is 3. The van der Waals surface area contributed by atoms with Gasteiger partial charge in [0.15, 0.2) is 5.69 Å². The molecule has 0 aliphatic heterocycles. The Kier molecular flexibility index (Phi) is 5.05. The largest absolute Gasteiger partial charge is 0.476 e. The number of fused-ring (bicyclic) bond motifs is 3. The van der Waals surface area contributed by atoms with Crippen LogP contribution in [0.3, 0.4) is 0 Å². The summed E-state index contributed by atoms with van der Waals surface area (Å²) in [6.07, 6.45) is -4.06. The third-order valence-electron chi connectivity index (χ3n) is 4.98. The molecule has 1 atom stereocenters. The van der Waals surface area contributed by atoms with E-state index in [4.69, 9.17) is 0 Å². The molecule has 3 aromatic heterocycles. The lowest BCUT2D eigenvalue weighted by molar-refractivity contribution is -0.136. The Labute approximate surface area is 177 Å². The standard InChI is InChI=1S/C20H16BrF3N4O2/c1-27-17-15-14(9-12(21)10-25-15)28(18(17)16(26-27)19(29)30)13(7-8-20(22,23)24)11-5-3-2-4-6-11/h2-6,9-10,13H,7-8H2,1H3,(H,29,30). The van der Waals surface area contributed by atoms with Crippen molar-refractivity contribution in [3.63, 3.8) is 0 Å². The molecule has 0 aliphatic carbocycles. The molecule has 0 radical (unpaired) electrons. The third kappa shape index (κ3) is 3.55. The highest BCUT2D eigenvalue weighted by Crippen LogP contribution is 2.39. The van der Waals surface area contributed by atoms with Crippen LogP contribution in [0.4, 0.5) is 13.2 Å². The average Bonchev–Trinajstić information content (AvgIpc) is 3.18. The second-order valence-electron chi connectivity index (χ2n) is 6.95. The minimum absolute atomic E-state index is 0.227. The van der Waals surface area contributed by atoms with Gasteiger partial charge in [0.1, 0.15) is 16.6 Å². The number of alkyl halides is 3. The summed E-state index contributed by atoms with van der Waals surface area (Å²) < 4.78 is 43.1. The number of carboxylic acids is 1. The predicted molar refractivity (Wildman–Crippen MR) is 109 cm³/mol. The van der Waals surface area contributed by atoms with Gasteiger partial charge in [0.25, 0.3) is 0 Å². The van der Waals surface area contributed by atoms with E-state index in [1.54, 1.807) is 54.2 Å². The van der Waals surface area contributed by atoms with Gasteiger partial charge in [-0.3, -0.25) is 9.67 Å². The Morgan fingerprint density at radius 1 is 1.23 bits per heavy atom. The van der Waals surface area contributed by atoms with Gasteiger partial charge in [-0.15, -0.1) is 0 Å². The number of halogens is 4. The molecular formula is C20H16BrF3N4O2. The molecule has 6 nitrogen and oxygen atoms in total. The number of carboxylic acid groups (broad SMARTS) is 1. The van der Waals surface area contributed by atoms with Gasteiger partial charge in [0.2, 0.25) is 0 Å². The Morgan fingerprint density at radius 3 is 2.57 bits per heavy atom. The second kappa shape index (κ2) is 7.42. The fourth-order valence-electron chi connectivity index (χ4n) is 3.81. The van der Waals surface area contributed by atoms with Gasteiger partial charge in [-0.05, 0) is 34.0 Å². The van der Waals surface area contributed by atoms with Crippen molar-refractivity contribution in [2.45, 2.75) is 25.1 Å². The summed E-state index contributed by atoms with van der Waals surface area (Å²) >= 11 is 3.36. The number of pyridine rings is 1. The first-order valence-electron chi connectivity index (χ1n) is 9.04. The van der Waals surface area contributed by atoms with Gasteiger partial charge in [0, 0.05) is 24.1 Å². The van der Waals surface area contributed by atoms with Gasteiger partial charge >= 0.3 is 12.1 Å². The summed E-state index contributed by atoms with van der Waals surface area (Å²) in [6, 6.07) is 9.71. The van der Waals surface area contributed by atoms with Crippen molar-refractivity contribution in [3.8, 4) is 0 Å². The second-order valence-corrected chi connectivity index (χ2v) is 7.86. The SMILES string of the molecule is Cn1nc(C(=O)O)c2c1c1ncc(Br)cc1n2C(CCC(F)(F)F)c1ccccc1. The van der Waals surface area contributed by atoms with E-state index in [2.05, 4.69) is 26.0 Å². The number of hydrogen-bond donors (Lipinski definition) is 1. The first kappa shape index (κ1) is 20.4. The van der Waals surface area contributed by atoms with Crippen LogP contribution in [-0.2, 0) is 7.05 Å². The van der Waals surface area contributed by atoms with Gasteiger partial charge in [-0.25, -0.2) is 4.79 Å². The molecule has 0 fully saturated rings. The Balaban J connectivity index is 2.08. The molecule has 1 N–H and O–H groups in total. The zero-order valence-corrected chi connectivity index (χ0v) is 17.3. The molecule has 4 rings (SSSR count). The normalized spacial score (nSPS) is 13.2. The molecule has 0 spiro atoms. The molecule has 30 heavy (non-hydrogen) atoms. The van der Waals surface area contributed by atoms with Crippen molar-refractivity contribution in [2.24, 2.45) is 7.05 Å². The van der Waals surface area contributed by atoms with Crippen molar-refractivity contribution >= 4 is 44.0 Å². The molecule has 156 valence electrons. The number of aryl methyl sites for hydroxylation is 1. The summed E-state index contributed by atoms with van der Waals surface area (Å²) in [5, 5.41) is 13.8. The van der Waals surface area contributed by atoms with Crippen LogP contribution in [0.1, 0.15) is 34.9 Å². The topological polar surface area (TPSA) is 72.9 Å². The number of aromatic carboxylic acids is 1. The van der Waals surface area contributed by atoms with E-state index in [-0.39, 0.29) is 17.6 Å². The van der Waals surface area contributed by atoms with Crippen molar-refractivity contribution in [2.75, 3.05) is 0 Å². The Morgan fingerprint density at radius 2 is 1.93 bits per heavy atom. The van der Waals surface area contributed by atoms with Gasteiger partial charge < -0.3 is 9.67 Å². The lowest BCUT2D eigenvalue weighted by Crippen LogP contribution is -2.16. The van der Waals surface area contributed by atoms with E-state index in [0.717, 1.165) is 0 Å². The molecule has 0 saturated heterocycles. The van der Waals surface area contributed by atoms with Gasteiger partial charge in [-0.2, -0.15) is 18.3 Å². The summed E-state index contributed by atoms with van der Waals surface area (Å²) in [6.45, 7) is 0. The zero-order valence-electron chi connectivity index (χ0n) is 15.7. The average molecular weight is 481 g/mol. The van der Waals surface area contributed by atoms with Crippen LogP contribution >= 0.6 is 15.9 Å². The van der Waals surface area contributed by atoms with E-state index in [1.165, 1.54) is 4.68 Å². The fourth-order valence-corrected chi connectivity index (χ4v) is 4.13. The maximum absolute atomic E-state index is 13.1. The molecule has 4 aromatic rings. The number of aromatic nitrogens is 4. The highest BCUT2D eigenvalue weighted by atomic mass is 79.9. The molecule has 3 heterocycles. The minimum Gasteiger partial charge on any atom is -0.476 e. The summed E-state index contributed by atoms with van der Waals surface area (Å²) in [7, 11) is 1.59. The summed E-state index contributed by atoms with van der Waals surface area (Å²) in [5.41, 5.74) is 2.13. The van der Waals surface area contributed by atoms with Crippen LogP contribution in [0.5, 0.6) is 0 Å². The molecule has 0 aliphatic rings. The van der Waals surface area contributed by atoms with Gasteiger partial charge in [0.05, 0.1) is 11.6 Å². The van der Waals surface area contributed by atoms with E-state index < -0.39 is 24.6 Å². The number of benzene rings is 1. The summed E-state index contributed by atoms with van der Waals surface area (Å²) in [4.78, 5) is 16.3. The Bertz CT molecular complexity index is 1250. The highest BCUT2D eigenvalue weighted by molar-refractivity contribution is 9.10. The molecule has 1 aromatic carbocycles. The lowest BCUT2D eigenvalue weighted by Gasteiger charge is -2.22. The first-order valence-corrected chi connectivity index (χ1v) is 9.84. The molecule has 0 amide bonds. The van der Waals surface area contributed by atoms with E-state index in [1.807, 2.05) is 0 Å². The summed E-state index contributed by atoms with van der Waals surface area (Å²) in [5.74, 6) is -1.26. The van der Waals surface area contributed by atoms with Crippen molar-refractivity contribution in [1.82, 2.24) is 19.3 Å². The maximum Gasteiger partial charge on any atom is 0.389 e. The molecular weight excluding hydrogens is 465 g/mol. The van der Waals surface area contributed by atoms with E-state index in [9.17, 15) is 23.1 Å². The fraction of sp³-hybridized carbons (Fsp3) is 0.250. The van der Waals surface area contributed by atoms with Crippen LogP contribution in [0.25, 0.3) is 22.1 Å². The monoisotopic (exact) mass is 480 g/mol. The van der Waals surface area contributed by atoms with Crippen LogP contribution in [0.15, 0.2) is 47.1 Å². The molecule has 10 heteroatoms. The Hall–Kier alpha value is -2.88. The van der Waals surface area contributed by atoms with E-state index >= 15 is 0 Å².